The van der Waals surface area contributed by atoms with E-state index in [4.69, 9.17) is 5.73 Å². The van der Waals surface area contributed by atoms with Crippen LogP contribution in [-0.4, -0.2) is 48.4 Å². The fraction of sp³-hybridized carbons (Fsp3) is 0.579. The molecule has 1 heterocycles. The molecular weight excluding hydrogens is 349 g/mol. The lowest BCUT2D eigenvalue weighted by Gasteiger charge is -2.40. The molecule has 0 unspecified atom stereocenters. The summed E-state index contributed by atoms with van der Waals surface area (Å²) in [6, 6.07) is 5.92. The van der Waals surface area contributed by atoms with Crippen LogP contribution < -0.4 is 16.1 Å². The number of thiocarbonyl (C=S) groups is 1. The van der Waals surface area contributed by atoms with Crippen LogP contribution in [0.25, 0.3) is 0 Å². The Balaban J connectivity index is 1.57. The number of halogens is 1. The van der Waals surface area contributed by atoms with Gasteiger partial charge in [-0.15, -0.1) is 0 Å². The summed E-state index contributed by atoms with van der Waals surface area (Å²) in [5.74, 6) is -0.216. The van der Waals surface area contributed by atoms with Crippen LogP contribution in [0.2, 0.25) is 0 Å². The molecular formula is C19H28FN5S. The number of nitrogens with zero attached hydrogens (tertiary/aromatic N) is 3. The molecule has 0 spiro atoms. The van der Waals surface area contributed by atoms with Crippen molar-refractivity contribution in [3.05, 3.63) is 29.6 Å². The van der Waals surface area contributed by atoms with E-state index in [2.05, 4.69) is 32.5 Å². The first-order chi connectivity index (χ1) is 12.6. The van der Waals surface area contributed by atoms with Gasteiger partial charge in [0.2, 0.25) is 0 Å². The first-order valence-corrected chi connectivity index (χ1v) is 9.91. The lowest BCUT2D eigenvalue weighted by molar-refractivity contribution is 0.169. The Labute approximate surface area is 160 Å². The molecule has 1 saturated heterocycles. The maximum Gasteiger partial charge on any atom is 0.184 e. The summed E-state index contributed by atoms with van der Waals surface area (Å²) >= 11 is 4.68. The highest BCUT2D eigenvalue weighted by atomic mass is 32.1. The number of nitrogens with two attached hydrogens (primary N) is 1. The standard InChI is InChI=1S/C19H28FN5S/c20-17-13-15(14-22-23-19(21)26)7-8-18(17)25-11-9-24(10-12-25)16-5-3-1-2-4-6-16/h7-8,13-14,16H,1-6,9-12H2,(H3,21,23,26)/b22-14+. The quantitative estimate of drug-likeness (QED) is 0.366. The van der Waals surface area contributed by atoms with Crippen LogP contribution in [-0.2, 0) is 0 Å². The molecule has 1 aromatic rings. The van der Waals surface area contributed by atoms with E-state index in [1.807, 2.05) is 12.1 Å². The second kappa shape index (κ2) is 9.28. The topological polar surface area (TPSA) is 56.9 Å². The van der Waals surface area contributed by atoms with Crippen molar-refractivity contribution in [2.45, 2.75) is 44.6 Å². The minimum Gasteiger partial charge on any atom is -0.375 e. The van der Waals surface area contributed by atoms with E-state index in [1.54, 1.807) is 0 Å². The number of hydrogen-bond acceptors (Lipinski definition) is 4. The van der Waals surface area contributed by atoms with Gasteiger partial charge in [-0.25, -0.2) is 4.39 Å². The summed E-state index contributed by atoms with van der Waals surface area (Å²) in [6.07, 6.45) is 9.62. The van der Waals surface area contributed by atoms with Crippen molar-refractivity contribution in [1.29, 1.82) is 0 Å². The van der Waals surface area contributed by atoms with Gasteiger partial charge in [0.05, 0.1) is 11.9 Å². The molecule has 0 amide bonds. The third-order valence-electron chi connectivity index (χ3n) is 5.36. The van der Waals surface area contributed by atoms with Gasteiger partial charge in [-0.1, -0.05) is 31.7 Å². The molecule has 3 N–H and O–H groups in total. The molecule has 7 heteroatoms. The zero-order valence-electron chi connectivity index (χ0n) is 15.2. The molecule has 0 radical (unpaired) electrons. The molecule has 26 heavy (non-hydrogen) atoms. The molecule has 0 bridgehead atoms. The van der Waals surface area contributed by atoms with Gasteiger partial charge in [-0.05, 0) is 42.8 Å². The molecule has 0 aromatic heterocycles. The van der Waals surface area contributed by atoms with Crippen molar-refractivity contribution in [3.63, 3.8) is 0 Å². The lowest BCUT2D eigenvalue weighted by atomic mass is 10.1. The SMILES string of the molecule is NC(=S)N/N=C/c1ccc(N2CCN(C3CCCCCC3)CC2)c(F)c1. The first kappa shape index (κ1) is 19.0. The maximum atomic E-state index is 14.5. The van der Waals surface area contributed by atoms with E-state index in [-0.39, 0.29) is 10.9 Å². The second-order valence-corrected chi connectivity index (χ2v) is 7.55. The molecule has 1 aromatic carbocycles. The van der Waals surface area contributed by atoms with E-state index < -0.39 is 0 Å². The van der Waals surface area contributed by atoms with Gasteiger partial charge in [0.25, 0.3) is 0 Å². The van der Waals surface area contributed by atoms with Crippen molar-refractivity contribution < 1.29 is 4.39 Å². The Morgan fingerprint density at radius 3 is 2.46 bits per heavy atom. The number of rotatable bonds is 4. The summed E-state index contributed by atoms with van der Waals surface area (Å²) in [7, 11) is 0. The van der Waals surface area contributed by atoms with Crippen LogP contribution in [0.5, 0.6) is 0 Å². The largest absolute Gasteiger partial charge is 0.375 e. The highest BCUT2D eigenvalue weighted by Gasteiger charge is 2.25. The monoisotopic (exact) mass is 377 g/mol. The molecule has 1 saturated carbocycles. The first-order valence-electron chi connectivity index (χ1n) is 9.50. The fourth-order valence-electron chi connectivity index (χ4n) is 3.98. The van der Waals surface area contributed by atoms with Crippen molar-refractivity contribution in [3.8, 4) is 0 Å². The minimum atomic E-state index is -0.216. The van der Waals surface area contributed by atoms with E-state index in [0.29, 0.717) is 11.3 Å². The molecule has 142 valence electrons. The maximum absolute atomic E-state index is 14.5. The molecule has 1 aliphatic carbocycles. The van der Waals surface area contributed by atoms with Gasteiger partial charge < -0.3 is 10.6 Å². The number of piperazine rings is 1. The highest BCUT2D eigenvalue weighted by Crippen LogP contribution is 2.26. The van der Waals surface area contributed by atoms with Gasteiger partial charge in [0.1, 0.15) is 5.82 Å². The molecule has 5 nitrogen and oxygen atoms in total. The number of hydrazone groups is 1. The number of anilines is 1. The predicted molar refractivity (Wildman–Crippen MR) is 109 cm³/mol. The van der Waals surface area contributed by atoms with Crippen LogP contribution in [0.3, 0.4) is 0 Å². The third-order valence-corrected chi connectivity index (χ3v) is 5.45. The Morgan fingerprint density at radius 2 is 1.85 bits per heavy atom. The minimum absolute atomic E-state index is 0.0879. The number of nitrogens with one attached hydrogen (secondary N) is 1. The van der Waals surface area contributed by atoms with Gasteiger partial charge in [-0.2, -0.15) is 5.10 Å². The van der Waals surface area contributed by atoms with Gasteiger partial charge in [0.15, 0.2) is 5.11 Å². The Bertz CT molecular complexity index is 635. The number of hydrogen-bond donors (Lipinski definition) is 2. The average molecular weight is 378 g/mol. The zero-order chi connectivity index (χ0) is 18.4. The highest BCUT2D eigenvalue weighted by molar-refractivity contribution is 7.80. The van der Waals surface area contributed by atoms with Crippen LogP contribution >= 0.6 is 12.2 Å². The van der Waals surface area contributed by atoms with Crippen LogP contribution in [0.4, 0.5) is 10.1 Å². The molecule has 2 aliphatic rings. The predicted octanol–water partition coefficient (Wildman–Crippen LogP) is 2.84. The summed E-state index contributed by atoms with van der Waals surface area (Å²) < 4.78 is 14.5. The molecule has 1 aliphatic heterocycles. The van der Waals surface area contributed by atoms with Crippen molar-refractivity contribution in [1.82, 2.24) is 10.3 Å². The Morgan fingerprint density at radius 1 is 1.15 bits per heavy atom. The Hall–Kier alpha value is -1.73. The summed E-state index contributed by atoms with van der Waals surface area (Å²) in [6.45, 7) is 3.80. The summed E-state index contributed by atoms with van der Waals surface area (Å²) in [5, 5.41) is 3.95. The van der Waals surface area contributed by atoms with Crippen molar-refractivity contribution in [2.24, 2.45) is 10.8 Å². The lowest BCUT2D eigenvalue weighted by Crippen LogP contribution is -2.50. The van der Waals surface area contributed by atoms with E-state index in [9.17, 15) is 4.39 Å². The summed E-state index contributed by atoms with van der Waals surface area (Å²) in [5.41, 5.74) is 9.12. The van der Waals surface area contributed by atoms with Crippen LogP contribution in [0, 0.1) is 5.82 Å². The molecule has 3 rings (SSSR count). The van der Waals surface area contributed by atoms with Crippen molar-refractivity contribution >= 4 is 29.2 Å². The third kappa shape index (κ3) is 5.14. The van der Waals surface area contributed by atoms with Gasteiger partial charge in [-0.3, -0.25) is 10.3 Å². The van der Waals surface area contributed by atoms with E-state index >= 15 is 0 Å². The average Bonchev–Trinajstić information content (AvgIpc) is 2.91. The summed E-state index contributed by atoms with van der Waals surface area (Å²) in [4.78, 5) is 4.76. The number of benzene rings is 1. The van der Waals surface area contributed by atoms with E-state index in [0.717, 1.165) is 32.2 Å². The smallest absolute Gasteiger partial charge is 0.184 e. The Kier molecular flexibility index (Phi) is 6.80. The van der Waals surface area contributed by atoms with E-state index in [1.165, 1.54) is 50.8 Å². The van der Waals surface area contributed by atoms with Crippen molar-refractivity contribution in [2.75, 3.05) is 31.1 Å². The van der Waals surface area contributed by atoms with Crippen LogP contribution in [0.15, 0.2) is 23.3 Å². The van der Waals surface area contributed by atoms with Gasteiger partial charge in [0, 0.05) is 32.2 Å². The normalized spacial score (nSPS) is 20.3. The molecule has 2 fully saturated rings. The second-order valence-electron chi connectivity index (χ2n) is 7.11. The fourth-order valence-corrected chi connectivity index (χ4v) is 4.03. The van der Waals surface area contributed by atoms with Gasteiger partial charge >= 0.3 is 0 Å². The zero-order valence-corrected chi connectivity index (χ0v) is 16.0. The van der Waals surface area contributed by atoms with Crippen LogP contribution in [0.1, 0.15) is 44.1 Å². The molecule has 0 atom stereocenters.